The lowest BCUT2D eigenvalue weighted by Gasteiger charge is -2.16. The van der Waals surface area contributed by atoms with Crippen molar-refractivity contribution in [2.75, 3.05) is 7.05 Å². The Morgan fingerprint density at radius 2 is 1.84 bits per heavy atom. The van der Waals surface area contributed by atoms with Gasteiger partial charge in [0.25, 0.3) is 5.91 Å². The predicted octanol–water partition coefficient (Wildman–Crippen LogP) is 3.48. The summed E-state index contributed by atoms with van der Waals surface area (Å²) in [6, 6.07) is 9.59. The largest absolute Gasteiger partial charge is 0.464 e. The van der Waals surface area contributed by atoms with E-state index in [0.717, 1.165) is 17.1 Å². The van der Waals surface area contributed by atoms with Crippen LogP contribution in [0, 0.1) is 20.8 Å². The third kappa shape index (κ3) is 3.05. The highest BCUT2D eigenvalue weighted by Crippen LogP contribution is 2.14. The molecule has 0 aliphatic carbocycles. The SMILES string of the molecule is Cc1ccc(CN(C)C(=O)c2ccc(C)c(C)c2)o1. The molecule has 1 aromatic carbocycles. The molecule has 1 aromatic heterocycles. The van der Waals surface area contributed by atoms with Gasteiger partial charge in [-0.05, 0) is 56.2 Å². The van der Waals surface area contributed by atoms with Gasteiger partial charge in [0.2, 0.25) is 0 Å². The molecule has 0 N–H and O–H groups in total. The van der Waals surface area contributed by atoms with Crippen LogP contribution in [0.15, 0.2) is 34.7 Å². The van der Waals surface area contributed by atoms with Crippen LogP contribution in [-0.4, -0.2) is 17.9 Å². The molecule has 1 amide bonds. The fourth-order valence-electron chi connectivity index (χ4n) is 1.97. The minimum atomic E-state index is 0.0113. The van der Waals surface area contributed by atoms with Gasteiger partial charge in [-0.3, -0.25) is 4.79 Å². The Labute approximate surface area is 113 Å². The van der Waals surface area contributed by atoms with Gasteiger partial charge in [-0.1, -0.05) is 6.07 Å². The van der Waals surface area contributed by atoms with E-state index < -0.39 is 0 Å². The van der Waals surface area contributed by atoms with Gasteiger partial charge in [0, 0.05) is 12.6 Å². The zero-order valence-corrected chi connectivity index (χ0v) is 11.9. The number of aryl methyl sites for hydroxylation is 3. The smallest absolute Gasteiger partial charge is 0.254 e. The quantitative estimate of drug-likeness (QED) is 0.843. The van der Waals surface area contributed by atoms with E-state index in [1.54, 1.807) is 11.9 Å². The first-order valence-electron chi connectivity index (χ1n) is 6.35. The number of nitrogens with zero attached hydrogens (tertiary/aromatic N) is 1. The van der Waals surface area contributed by atoms with Gasteiger partial charge in [-0.25, -0.2) is 0 Å². The number of carbonyl (C=O) groups excluding carboxylic acids is 1. The predicted molar refractivity (Wildman–Crippen MR) is 75.2 cm³/mol. The molecule has 0 aliphatic rings. The summed E-state index contributed by atoms with van der Waals surface area (Å²) < 4.78 is 5.49. The van der Waals surface area contributed by atoms with Gasteiger partial charge in [0.15, 0.2) is 0 Å². The lowest BCUT2D eigenvalue weighted by Crippen LogP contribution is -2.26. The molecule has 0 radical (unpaired) electrons. The van der Waals surface area contributed by atoms with Crippen LogP contribution in [-0.2, 0) is 6.54 Å². The van der Waals surface area contributed by atoms with Crippen LogP contribution in [0.4, 0.5) is 0 Å². The van der Waals surface area contributed by atoms with Gasteiger partial charge >= 0.3 is 0 Å². The molecule has 3 heteroatoms. The van der Waals surface area contributed by atoms with Gasteiger partial charge < -0.3 is 9.32 Å². The molecule has 0 spiro atoms. The van der Waals surface area contributed by atoms with Crippen LogP contribution in [0.3, 0.4) is 0 Å². The molecule has 0 fully saturated rings. The molecule has 0 aliphatic heterocycles. The molecule has 0 bridgehead atoms. The molecule has 0 saturated heterocycles. The number of furan rings is 1. The molecule has 19 heavy (non-hydrogen) atoms. The lowest BCUT2D eigenvalue weighted by molar-refractivity contribution is 0.0775. The van der Waals surface area contributed by atoms with Crippen molar-refractivity contribution in [3.8, 4) is 0 Å². The first-order valence-corrected chi connectivity index (χ1v) is 6.35. The number of amides is 1. The summed E-state index contributed by atoms with van der Waals surface area (Å²) in [5.41, 5.74) is 3.04. The molecule has 0 atom stereocenters. The van der Waals surface area contributed by atoms with Crippen molar-refractivity contribution in [2.24, 2.45) is 0 Å². The highest BCUT2D eigenvalue weighted by molar-refractivity contribution is 5.94. The average molecular weight is 257 g/mol. The van der Waals surface area contributed by atoms with Gasteiger partial charge in [0.1, 0.15) is 11.5 Å². The maximum absolute atomic E-state index is 12.3. The van der Waals surface area contributed by atoms with E-state index in [2.05, 4.69) is 0 Å². The number of hydrogen-bond acceptors (Lipinski definition) is 2. The van der Waals surface area contributed by atoms with Gasteiger partial charge in [-0.2, -0.15) is 0 Å². The Bertz CT molecular complexity index is 599. The Balaban J connectivity index is 2.12. The normalized spacial score (nSPS) is 10.5. The second-order valence-corrected chi connectivity index (χ2v) is 4.97. The fourth-order valence-corrected chi connectivity index (χ4v) is 1.97. The molecule has 1 heterocycles. The van der Waals surface area contributed by atoms with Crippen molar-refractivity contribution >= 4 is 5.91 Å². The Morgan fingerprint density at radius 3 is 2.42 bits per heavy atom. The Hall–Kier alpha value is -2.03. The maximum atomic E-state index is 12.3. The van der Waals surface area contributed by atoms with E-state index in [9.17, 15) is 4.79 Å². The second kappa shape index (κ2) is 5.31. The van der Waals surface area contributed by atoms with Gasteiger partial charge in [0.05, 0.1) is 6.54 Å². The zero-order valence-electron chi connectivity index (χ0n) is 11.9. The summed E-state index contributed by atoms with van der Waals surface area (Å²) in [5, 5.41) is 0. The number of carbonyl (C=O) groups is 1. The van der Waals surface area contributed by atoms with Crippen LogP contribution in [0.5, 0.6) is 0 Å². The van der Waals surface area contributed by atoms with E-state index in [4.69, 9.17) is 4.42 Å². The van der Waals surface area contributed by atoms with Crippen molar-refractivity contribution in [3.05, 3.63) is 58.5 Å². The van der Waals surface area contributed by atoms with E-state index >= 15 is 0 Å². The average Bonchev–Trinajstić information content (AvgIpc) is 2.77. The molecule has 0 unspecified atom stereocenters. The van der Waals surface area contributed by atoms with Crippen molar-refractivity contribution < 1.29 is 9.21 Å². The van der Waals surface area contributed by atoms with Crippen molar-refractivity contribution in [1.82, 2.24) is 4.90 Å². The van der Waals surface area contributed by atoms with E-state index in [-0.39, 0.29) is 5.91 Å². The van der Waals surface area contributed by atoms with Crippen LogP contribution in [0.25, 0.3) is 0 Å². The second-order valence-electron chi connectivity index (χ2n) is 4.97. The Morgan fingerprint density at radius 1 is 1.11 bits per heavy atom. The highest BCUT2D eigenvalue weighted by Gasteiger charge is 2.14. The summed E-state index contributed by atoms with van der Waals surface area (Å²) in [4.78, 5) is 14.0. The topological polar surface area (TPSA) is 33.5 Å². The van der Waals surface area contributed by atoms with Crippen LogP contribution in [0.2, 0.25) is 0 Å². The van der Waals surface area contributed by atoms with Crippen molar-refractivity contribution in [2.45, 2.75) is 27.3 Å². The fraction of sp³-hybridized carbons (Fsp3) is 0.312. The molecule has 2 rings (SSSR count). The molecule has 100 valence electrons. The number of hydrogen-bond donors (Lipinski definition) is 0. The number of benzene rings is 1. The summed E-state index contributed by atoms with van der Waals surface area (Å²) in [6.07, 6.45) is 0. The lowest BCUT2D eigenvalue weighted by atomic mass is 10.1. The molecular formula is C16H19NO2. The molecular weight excluding hydrogens is 238 g/mol. The molecule has 0 saturated carbocycles. The maximum Gasteiger partial charge on any atom is 0.254 e. The summed E-state index contributed by atoms with van der Waals surface area (Å²) in [6.45, 7) is 6.44. The third-order valence-electron chi connectivity index (χ3n) is 3.29. The molecule has 3 nitrogen and oxygen atoms in total. The van der Waals surface area contributed by atoms with E-state index in [0.29, 0.717) is 12.1 Å². The molecule has 2 aromatic rings. The van der Waals surface area contributed by atoms with Crippen LogP contribution in [0.1, 0.15) is 33.0 Å². The first kappa shape index (κ1) is 13.4. The highest BCUT2D eigenvalue weighted by atomic mass is 16.3. The van der Waals surface area contributed by atoms with E-state index in [1.807, 2.05) is 51.1 Å². The first-order chi connectivity index (χ1) is 8.97. The van der Waals surface area contributed by atoms with Gasteiger partial charge in [-0.15, -0.1) is 0 Å². The van der Waals surface area contributed by atoms with Crippen LogP contribution >= 0.6 is 0 Å². The van der Waals surface area contributed by atoms with Crippen LogP contribution < -0.4 is 0 Å². The minimum absolute atomic E-state index is 0.0113. The Kier molecular flexibility index (Phi) is 3.74. The minimum Gasteiger partial charge on any atom is -0.464 e. The number of rotatable bonds is 3. The monoisotopic (exact) mass is 257 g/mol. The third-order valence-corrected chi connectivity index (χ3v) is 3.29. The van der Waals surface area contributed by atoms with Crippen molar-refractivity contribution in [1.29, 1.82) is 0 Å². The van der Waals surface area contributed by atoms with Crippen molar-refractivity contribution in [3.63, 3.8) is 0 Å². The summed E-state index contributed by atoms with van der Waals surface area (Å²) >= 11 is 0. The zero-order chi connectivity index (χ0) is 14.0. The summed E-state index contributed by atoms with van der Waals surface area (Å²) in [5.74, 6) is 1.68. The standard InChI is InChI=1S/C16H19NO2/c1-11-5-7-14(9-12(11)2)16(18)17(4)10-15-8-6-13(3)19-15/h5-9H,10H2,1-4H3. The van der Waals surface area contributed by atoms with E-state index in [1.165, 1.54) is 5.56 Å². The summed E-state index contributed by atoms with van der Waals surface area (Å²) in [7, 11) is 1.79.